The van der Waals surface area contributed by atoms with E-state index >= 15 is 0 Å². The maximum absolute atomic E-state index is 11.7. The van der Waals surface area contributed by atoms with Crippen molar-refractivity contribution in [3.05, 3.63) is 11.8 Å². The van der Waals surface area contributed by atoms with E-state index in [0.717, 1.165) is 25.9 Å². The number of carbonyl (C=O) groups excluding carboxylic acids is 1. The first-order valence-corrected chi connectivity index (χ1v) is 6.21. The molecule has 0 heterocycles. The van der Waals surface area contributed by atoms with Gasteiger partial charge in [0.15, 0.2) is 0 Å². The highest BCUT2D eigenvalue weighted by Crippen LogP contribution is 2.01. The molecule has 0 spiro atoms. The zero-order valence-electron chi connectivity index (χ0n) is 11.3. The highest BCUT2D eigenvalue weighted by Gasteiger charge is 2.11. The van der Waals surface area contributed by atoms with Crippen LogP contribution in [0.5, 0.6) is 0 Å². The van der Waals surface area contributed by atoms with Crippen molar-refractivity contribution in [2.75, 3.05) is 13.1 Å². The summed E-state index contributed by atoms with van der Waals surface area (Å²) in [6.45, 7) is 9.65. The average Bonchev–Trinajstić information content (AvgIpc) is 2.25. The predicted molar refractivity (Wildman–Crippen MR) is 69.1 cm³/mol. The van der Waals surface area contributed by atoms with Gasteiger partial charge in [-0.1, -0.05) is 13.8 Å². The smallest absolute Gasteiger partial charge is 0.263 e. The van der Waals surface area contributed by atoms with Crippen LogP contribution in [0.25, 0.3) is 0 Å². The molecule has 0 aliphatic heterocycles. The first kappa shape index (κ1) is 15.5. The fourth-order valence-corrected chi connectivity index (χ4v) is 1.48. The zero-order chi connectivity index (χ0) is 13.3. The molecule has 0 radical (unpaired) electrons. The van der Waals surface area contributed by atoms with E-state index in [2.05, 4.69) is 19.2 Å². The highest BCUT2D eigenvalue weighted by atomic mass is 16.1. The first-order valence-electron chi connectivity index (χ1n) is 6.21. The molecule has 0 aromatic heterocycles. The SMILES string of the molecule is CCCN(/C=C(/C#N)C(=O)NC(C)C)CCC. The lowest BCUT2D eigenvalue weighted by Gasteiger charge is -2.19. The van der Waals surface area contributed by atoms with Crippen LogP contribution in [0.4, 0.5) is 0 Å². The summed E-state index contributed by atoms with van der Waals surface area (Å²) in [5.74, 6) is -0.292. The molecule has 0 aromatic carbocycles. The normalized spacial score (nSPS) is 11.2. The molecule has 0 aliphatic carbocycles. The molecule has 17 heavy (non-hydrogen) atoms. The quantitative estimate of drug-likeness (QED) is 0.544. The predicted octanol–water partition coefficient (Wildman–Crippen LogP) is 2.04. The molecule has 0 unspecified atom stereocenters. The third-order valence-electron chi connectivity index (χ3n) is 2.12. The van der Waals surface area contributed by atoms with Crippen LogP contribution >= 0.6 is 0 Å². The van der Waals surface area contributed by atoms with Crippen LogP contribution in [0.15, 0.2) is 11.8 Å². The number of nitriles is 1. The Labute approximate surface area is 104 Å². The van der Waals surface area contributed by atoms with E-state index in [1.165, 1.54) is 0 Å². The largest absolute Gasteiger partial charge is 0.376 e. The van der Waals surface area contributed by atoms with Gasteiger partial charge < -0.3 is 10.2 Å². The van der Waals surface area contributed by atoms with Crippen LogP contribution in [-0.2, 0) is 4.79 Å². The molecule has 1 N–H and O–H groups in total. The number of hydrogen-bond acceptors (Lipinski definition) is 3. The number of nitrogens with zero attached hydrogens (tertiary/aromatic N) is 2. The van der Waals surface area contributed by atoms with Gasteiger partial charge in [0.1, 0.15) is 11.6 Å². The summed E-state index contributed by atoms with van der Waals surface area (Å²) in [4.78, 5) is 13.7. The second-order valence-corrected chi connectivity index (χ2v) is 4.32. The molecule has 0 saturated heterocycles. The van der Waals surface area contributed by atoms with Crippen molar-refractivity contribution >= 4 is 5.91 Å². The standard InChI is InChI=1S/C13H23N3O/c1-5-7-16(8-6-2)10-12(9-14)13(17)15-11(3)4/h10-11H,5-8H2,1-4H3,(H,15,17)/b12-10-. The number of hydrogen-bond donors (Lipinski definition) is 1. The van der Waals surface area contributed by atoms with Crippen LogP contribution < -0.4 is 5.32 Å². The third-order valence-corrected chi connectivity index (χ3v) is 2.12. The van der Waals surface area contributed by atoms with E-state index in [1.807, 2.05) is 24.8 Å². The van der Waals surface area contributed by atoms with Crippen molar-refractivity contribution in [1.29, 1.82) is 5.26 Å². The first-order chi connectivity index (χ1) is 8.04. The lowest BCUT2D eigenvalue weighted by atomic mass is 10.2. The molecule has 0 bridgehead atoms. The molecule has 0 rings (SSSR count). The second kappa shape index (κ2) is 8.63. The van der Waals surface area contributed by atoms with Crippen molar-refractivity contribution in [2.24, 2.45) is 0 Å². The van der Waals surface area contributed by atoms with Gasteiger partial charge in [-0.2, -0.15) is 5.26 Å². The average molecular weight is 237 g/mol. The Kier molecular flexibility index (Phi) is 7.87. The lowest BCUT2D eigenvalue weighted by molar-refractivity contribution is -0.117. The van der Waals surface area contributed by atoms with E-state index in [9.17, 15) is 4.79 Å². The van der Waals surface area contributed by atoms with Gasteiger partial charge >= 0.3 is 0 Å². The summed E-state index contributed by atoms with van der Waals surface area (Å²) in [7, 11) is 0. The molecule has 0 fully saturated rings. The van der Waals surface area contributed by atoms with Crippen molar-refractivity contribution in [3.8, 4) is 6.07 Å². The summed E-state index contributed by atoms with van der Waals surface area (Å²) >= 11 is 0. The summed E-state index contributed by atoms with van der Waals surface area (Å²) in [6, 6.07) is 2.01. The Balaban J connectivity index is 4.70. The van der Waals surface area contributed by atoms with Crippen molar-refractivity contribution < 1.29 is 4.79 Å². The molecular weight excluding hydrogens is 214 g/mol. The fourth-order valence-electron chi connectivity index (χ4n) is 1.48. The van der Waals surface area contributed by atoms with Crippen molar-refractivity contribution in [3.63, 3.8) is 0 Å². The number of nitrogens with one attached hydrogen (secondary N) is 1. The van der Waals surface area contributed by atoms with E-state index in [4.69, 9.17) is 5.26 Å². The summed E-state index contributed by atoms with van der Waals surface area (Å²) < 4.78 is 0. The molecule has 0 aromatic rings. The minimum absolute atomic E-state index is 0.0463. The van der Waals surface area contributed by atoms with Crippen LogP contribution in [0, 0.1) is 11.3 Å². The van der Waals surface area contributed by atoms with Crippen molar-refractivity contribution in [1.82, 2.24) is 10.2 Å². The monoisotopic (exact) mass is 237 g/mol. The molecule has 1 amide bonds. The minimum atomic E-state index is -0.292. The van der Waals surface area contributed by atoms with Gasteiger partial charge in [0.05, 0.1) is 0 Å². The van der Waals surface area contributed by atoms with Gasteiger partial charge in [-0.15, -0.1) is 0 Å². The summed E-state index contributed by atoms with van der Waals surface area (Å²) in [5.41, 5.74) is 0.181. The maximum Gasteiger partial charge on any atom is 0.263 e. The number of rotatable bonds is 7. The highest BCUT2D eigenvalue weighted by molar-refractivity contribution is 5.97. The van der Waals surface area contributed by atoms with Crippen LogP contribution in [0.3, 0.4) is 0 Å². The summed E-state index contributed by atoms with van der Waals surface area (Å²) in [6.07, 6.45) is 3.67. The molecule has 96 valence electrons. The van der Waals surface area contributed by atoms with Gasteiger partial charge in [-0.3, -0.25) is 4.79 Å². The topological polar surface area (TPSA) is 56.1 Å². The van der Waals surface area contributed by atoms with E-state index < -0.39 is 0 Å². The molecule has 0 saturated carbocycles. The van der Waals surface area contributed by atoms with Gasteiger partial charge in [-0.25, -0.2) is 0 Å². The molecule has 4 nitrogen and oxygen atoms in total. The van der Waals surface area contributed by atoms with Crippen LogP contribution in [0.2, 0.25) is 0 Å². The Morgan fingerprint density at radius 3 is 2.24 bits per heavy atom. The molecule has 0 atom stereocenters. The van der Waals surface area contributed by atoms with Gasteiger partial charge in [-0.05, 0) is 26.7 Å². The second-order valence-electron chi connectivity index (χ2n) is 4.32. The third kappa shape index (κ3) is 6.62. The summed E-state index contributed by atoms with van der Waals surface area (Å²) in [5, 5.41) is 11.7. The minimum Gasteiger partial charge on any atom is -0.376 e. The Morgan fingerprint density at radius 1 is 1.35 bits per heavy atom. The Morgan fingerprint density at radius 2 is 1.88 bits per heavy atom. The Bertz CT molecular complexity index is 296. The van der Waals surface area contributed by atoms with Gasteiger partial charge in [0, 0.05) is 25.3 Å². The lowest BCUT2D eigenvalue weighted by Crippen LogP contribution is -2.32. The van der Waals surface area contributed by atoms with Crippen molar-refractivity contribution in [2.45, 2.75) is 46.6 Å². The van der Waals surface area contributed by atoms with Gasteiger partial charge in [0.2, 0.25) is 0 Å². The molecule has 4 heteroatoms. The number of amides is 1. The Hall–Kier alpha value is -1.50. The maximum atomic E-state index is 11.7. The number of carbonyl (C=O) groups is 1. The molecule has 0 aliphatic rings. The fraction of sp³-hybridized carbons (Fsp3) is 0.692. The van der Waals surface area contributed by atoms with Crippen LogP contribution in [0.1, 0.15) is 40.5 Å². The van der Waals surface area contributed by atoms with Gasteiger partial charge in [0.25, 0.3) is 5.91 Å². The molecular formula is C13H23N3O. The zero-order valence-corrected chi connectivity index (χ0v) is 11.3. The van der Waals surface area contributed by atoms with E-state index in [-0.39, 0.29) is 17.5 Å². The van der Waals surface area contributed by atoms with E-state index in [1.54, 1.807) is 6.20 Å². The van der Waals surface area contributed by atoms with E-state index in [0.29, 0.717) is 0 Å². The van der Waals surface area contributed by atoms with Crippen LogP contribution in [-0.4, -0.2) is 29.9 Å².